The lowest BCUT2D eigenvalue weighted by Gasteiger charge is -2.13. The molecule has 0 heterocycles. The van der Waals surface area contributed by atoms with Crippen LogP contribution in [0.25, 0.3) is 0 Å². The molecule has 11 heavy (non-hydrogen) atoms. The third kappa shape index (κ3) is 6.36. The Bertz CT molecular complexity index is 63.3. The number of nitrogens with two attached hydrogens (primary N) is 1. The first-order chi connectivity index (χ1) is 4.39. The predicted molar refractivity (Wildman–Crippen MR) is 50.7 cm³/mol. The highest BCUT2D eigenvalue weighted by Gasteiger charge is 2.04. The molecule has 0 aromatic heterocycles. The molecule has 1 heteroatoms. The van der Waals surface area contributed by atoms with E-state index in [2.05, 4.69) is 6.42 Å². The lowest BCUT2D eigenvalue weighted by atomic mass is 9.98. The minimum absolute atomic E-state index is 0. The highest BCUT2D eigenvalue weighted by Crippen LogP contribution is 2.14. The van der Waals surface area contributed by atoms with Gasteiger partial charge in [-0.1, -0.05) is 40.5 Å². The maximum atomic E-state index is 5.75. The minimum Gasteiger partial charge on any atom is -0.327 e. The van der Waals surface area contributed by atoms with E-state index in [1.54, 1.807) is 0 Å². The monoisotopic (exact) mass is 154 g/mol. The van der Waals surface area contributed by atoms with E-state index in [9.17, 15) is 0 Å². The van der Waals surface area contributed by atoms with Crippen molar-refractivity contribution in [1.29, 1.82) is 0 Å². The van der Waals surface area contributed by atoms with Gasteiger partial charge < -0.3 is 5.73 Å². The first-order valence-electron chi connectivity index (χ1n) is 3.98. The van der Waals surface area contributed by atoms with Crippen LogP contribution in [0.15, 0.2) is 0 Å². The standard InChI is InChI=1S/C8H16N.2CH2/c9-8-6-4-2-1-3-5-7-8;;/h6,8H,1-5,7,9H2;2*1H2. The van der Waals surface area contributed by atoms with Crippen LogP contribution in [0, 0.1) is 21.3 Å². The van der Waals surface area contributed by atoms with Gasteiger partial charge in [-0.2, -0.15) is 0 Å². The molecule has 5 radical (unpaired) electrons. The third-order valence-electron chi connectivity index (χ3n) is 1.96. The Balaban J connectivity index is 0. The normalized spacial score (nSPS) is 20.5. The summed E-state index contributed by atoms with van der Waals surface area (Å²) in [4.78, 5) is 0. The summed E-state index contributed by atoms with van der Waals surface area (Å²) in [6, 6.07) is 0.394. The van der Waals surface area contributed by atoms with E-state index in [0.29, 0.717) is 6.04 Å². The second-order valence-electron chi connectivity index (χ2n) is 2.89. The van der Waals surface area contributed by atoms with Crippen LogP contribution in [0.1, 0.15) is 38.5 Å². The molecule has 65 valence electrons. The van der Waals surface area contributed by atoms with Crippen molar-refractivity contribution >= 4 is 0 Å². The van der Waals surface area contributed by atoms with Crippen LogP contribution < -0.4 is 5.73 Å². The summed E-state index contributed by atoms with van der Waals surface area (Å²) >= 11 is 0. The van der Waals surface area contributed by atoms with Crippen molar-refractivity contribution in [2.75, 3.05) is 0 Å². The fourth-order valence-corrected chi connectivity index (χ4v) is 1.33. The summed E-state index contributed by atoms with van der Waals surface area (Å²) in [7, 11) is 0. The zero-order chi connectivity index (χ0) is 6.53. The first kappa shape index (κ1) is 13.5. The molecule has 1 nitrogen and oxygen atoms in total. The van der Waals surface area contributed by atoms with Gasteiger partial charge in [0.05, 0.1) is 0 Å². The molecule has 1 fully saturated rings. The molecule has 0 aromatic rings. The molecular formula is C10H20N. The van der Waals surface area contributed by atoms with Gasteiger partial charge in [0.15, 0.2) is 0 Å². The van der Waals surface area contributed by atoms with E-state index < -0.39 is 0 Å². The lowest BCUT2D eigenvalue weighted by Crippen LogP contribution is -2.21. The Morgan fingerprint density at radius 3 is 2.36 bits per heavy atom. The maximum absolute atomic E-state index is 5.75. The van der Waals surface area contributed by atoms with Gasteiger partial charge in [0.2, 0.25) is 0 Å². The SMILES string of the molecule is NC1[CH]CCCCCC1.[CH2].[CH2]. The van der Waals surface area contributed by atoms with Crippen LogP contribution >= 0.6 is 0 Å². The molecular weight excluding hydrogens is 134 g/mol. The van der Waals surface area contributed by atoms with Gasteiger partial charge >= 0.3 is 0 Å². The third-order valence-corrected chi connectivity index (χ3v) is 1.96. The molecule has 0 saturated heterocycles. The van der Waals surface area contributed by atoms with Gasteiger partial charge in [-0.25, -0.2) is 0 Å². The van der Waals surface area contributed by atoms with Gasteiger partial charge in [-0.15, -0.1) is 0 Å². The average Bonchev–Trinajstić information content (AvgIpc) is 1.79. The van der Waals surface area contributed by atoms with Crippen molar-refractivity contribution in [3.63, 3.8) is 0 Å². The fraction of sp³-hybridized carbons (Fsp3) is 0.700. The second kappa shape index (κ2) is 8.06. The van der Waals surface area contributed by atoms with E-state index in [0.717, 1.165) is 0 Å². The van der Waals surface area contributed by atoms with Gasteiger partial charge in [-0.3, -0.25) is 0 Å². The summed E-state index contributed by atoms with van der Waals surface area (Å²) in [5.41, 5.74) is 5.75. The predicted octanol–water partition coefficient (Wildman–Crippen LogP) is 2.53. The highest BCUT2D eigenvalue weighted by atomic mass is 14.6. The van der Waals surface area contributed by atoms with Crippen molar-refractivity contribution in [2.24, 2.45) is 5.73 Å². The van der Waals surface area contributed by atoms with E-state index >= 15 is 0 Å². The van der Waals surface area contributed by atoms with Gasteiger partial charge in [0, 0.05) is 6.04 Å². The fourth-order valence-electron chi connectivity index (χ4n) is 1.33. The van der Waals surface area contributed by atoms with E-state index in [1.165, 1.54) is 38.5 Å². The highest BCUT2D eigenvalue weighted by molar-refractivity contribution is 4.80. The Morgan fingerprint density at radius 1 is 1.00 bits per heavy atom. The summed E-state index contributed by atoms with van der Waals surface area (Å²) in [6.45, 7) is 0. The van der Waals surface area contributed by atoms with E-state index in [1.807, 2.05) is 0 Å². The number of hydrogen-bond donors (Lipinski definition) is 1. The quantitative estimate of drug-likeness (QED) is 0.570. The van der Waals surface area contributed by atoms with Gasteiger partial charge in [-0.05, 0) is 19.3 Å². The van der Waals surface area contributed by atoms with Crippen molar-refractivity contribution in [3.05, 3.63) is 21.3 Å². The summed E-state index contributed by atoms with van der Waals surface area (Å²) < 4.78 is 0. The molecule has 1 aliphatic rings. The Hall–Kier alpha value is -0.0400. The van der Waals surface area contributed by atoms with E-state index in [-0.39, 0.29) is 14.9 Å². The first-order valence-corrected chi connectivity index (χ1v) is 3.98. The molecule has 1 saturated carbocycles. The van der Waals surface area contributed by atoms with E-state index in [4.69, 9.17) is 5.73 Å². The second-order valence-corrected chi connectivity index (χ2v) is 2.89. The van der Waals surface area contributed by atoms with Crippen molar-refractivity contribution < 1.29 is 0 Å². The van der Waals surface area contributed by atoms with Crippen LogP contribution in [0.4, 0.5) is 0 Å². The smallest absolute Gasteiger partial charge is 0.00703 e. The molecule has 1 rings (SSSR count). The molecule has 0 spiro atoms. The van der Waals surface area contributed by atoms with Gasteiger partial charge in [0.25, 0.3) is 0 Å². The molecule has 1 atom stereocenters. The lowest BCUT2D eigenvalue weighted by molar-refractivity contribution is 0.522. The van der Waals surface area contributed by atoms with Crippen molar-refractivity contribution in [3.8, 4) is 0 Å². The van der Waals surface area contributed by atoms with Crippen LogP contribution in [0.3, 0.4) is 0 Å². The molecule has 2 N–H and O–H groups in total. The summed E-state index contributed by atoms with van der Waals surface area (Å²) in [5, 5.41) is 0. The zero-order valence-electron chi connectivity index (χ0n) is 7.39. The maximum Gasteiger partial charge on any atom is 0.00703 e. The number of hydrogen-bond acceptors (Lipinski definition) is 1. The summed E-state index contributed by atoms with van der Waals surface area (Å²) in [6.07, 6.45) is 10.2. The largest absolute Gasteiger partial charge is 0.327 e. The molecule has 1 unspecified atom stereocenters. The molecule has 0 aliphatic heterocycles. The Morgan fingerprint density at radius 2 is 1.64 bits per heavy atom. The Labute approximate surface area is 72.4 Å². The van der Waals surface area contributed by atoms with Crippen LogP contribution in [-0.2, 0) is 0 Å². The van der Waals surface area contributed by atoms with Crippen LogP contribution in [0.5, 0.6) is 0 Å². The van der Waals surface area contributed by atoms with Crippen molar-refractivity contribution in [1.82, 2.24) is 0 Å². The van der Waals surface area contributed by atoms with Crippen LogP contribution in [-0.4, -0.2) is 6.04 Å². The van der Waals surface area contributed by atoms with Gasteiger partial charge in [0.1, 0.15) is 0 Å². The molecule has 0 bridgehead atoms. The number of rotatable bonds is 0. The molecule has 0 aromatic carbocycles. The van der Waals surface area contributed by atoms with Crippen molar-refractivity contribution in [2.45, 2.75) is 44.6 Å². The zero-order valence-corrected chi connectivity index (χ0v) is 7.39. The van der Waals surface area contributed by atoms with Crippen LogP contribution in [0.2, 0.25) is 0 Å². The average molecular weight is 154 g/mol. The summed E-state index contributed by atoms with van der Waals surface area (Å²) in [5.74, 6) is 0. The topological polar surface area (TPSA) is 26.0 Å². The minimum atomic E-state index is 0. The molecule has 0 amide bonds. The Kier molecular flexibility index (Phi) is 9.92. The molecule has 1 aliphatic carbocycles.